The highest BCUT2D eigenvalue weighted by molar-refractivity contribution is 6.33. The van der Waals surface area contributed by atoms with Crippen LogP contribution in [0.3, 0.4) is 0 Å². The van der Waals surface area contributed by atoms with Crippen molar-refractivity contribution in [2.24, 2.45) is 17.6 Å². The van der Waals surface area contributed by atoms with Crippen LogP contribution in [0.5, 0.6) is 0 Å². The molecule has 1 aromatic carbocycles. The lowest BCUT2D eigenvalue weighted by Crippen LogP contribution is -2.46. The molecular weight excluding hydrogens is 373 g/mol. The van der Waals surface area contributed by atoms with Crippen molar-refractivity contribution in [3.05, 3.63) is 28.8 Å². The molecule has 9 heteroatoms. The third kappa shape index (κ3) is 6.17. The topological polar surface area (TPSA) is 81.4 Å². The highest BCUT2D eigenvalue weighted by atomic mass is 35.5. The molecular formula is C17H22ClF3N2O3. The van der Waals surface area contributed by atoms with Crippen molar-refractivity contribution in [2.45, 2.75) is 39.4 Å². The molecule has 0 saturated heterocycles. The first kappa shape index (κ1) is 22.2. The molecule has 0 spiro atoms. The summed E-state index contributed by atoms with van der Waals surface area (Å²) in [5, 5.41) is 2.47. The molecule has 5 nitrogen and oxygen atoms in total. The van der Waals surface area contributed by atoms with Gasteiger partial charge >= 0.3 is 12.1 Å². The average Bonchev–Trinajstić information content (AvgIpc) is 2.55. The quantitative estimate of drug-likeness (QED) is 0.693. The first-order valence-electron chi connectivity index (χ1n) is 8.05. The summed E-state index contributed by atoms with van der Waals surface area (Å²) in [5.74, 6) is -3.79. The van der Waals surface area contributed by atoms with Crippen molar-refractivity contribution in [1.82, 2.24) is 0 Å². The van der Waals surface area contributed by atoms with Crippen LogP contribution in [-0.2, 0) is 20.7 Å². The summed E-state index contributed by atoms with van der Waals surface area (Å²) in [6.45, 7) is 4.49. The molecule has 3 atom stereocenters. The Morgan fingerprint density at radius 2 is 1.92 bits per heavy atom. The standard InChI is InChI=1S/C17H22ClF3N2O3/c1-4-26-16(25)9(2)7-11-5-6-12(18)13(8-11)23-15(24)14(22)10(3)17(19,20)21/h5-6,8-10,14H,4,7,22H2,1-3H3,(H,23,24)/t9-,10?,14+/m1/s1. The zero-order valence-electron chi connectivity index (χ0n) is 14.7. The number of carbonyl (C=O) groups excluding carboxylic acids is 2. The van der Waals surface area contributed by atoms with E-state index in [0.29, 0.717) is 12.0 Å². The Morgan fingerprint density at radius 3 is 2.46 bits per heavy atom. The van der Waals surface area contributed by atoms with Crippen LogP contribution in [0, 0.1) is 11.8 Å². The Kier molecular flexibility index (Phi) is 7.89. The Bertz CT molecular complexity index is 653. The Balaban J connectivity index is 2.87. The minimum absolute atomic E-state index is 0.134. The SMILES string of the molecule is CCOC(=O)[C@H](C)Cc1ccc(Cl)c(NC(=O)[C@@H](N)C(C)C(F)(F)F)c1. The summed E-state index contributed by atoms with van der Waals surface area (Å²) in [6, 6.07) is 2.88. The fraction of sp³-hybridized carbons (Fsp3) is 0.529. The van der Waals surface area contributed by atoms with Gasteiger partial charge in [-0.05, 0) is 31.0 Å². The van der Waals surface area contributed by atoms with Crippen molar-refractivity contribution in [3.63, 3.8) is 0 Å². The van der Waals surface area contributed by atoms with Crippen LogP contribution in [0.15, 0.2) is 18.2 Å². The van der Waals surface area contributed by atoms with Gasteiger partial charge in [0.05, 0.1) is 35.2 Å². The Morgan fingerprint density at radius 1 is 1.31 bits per heavy atom. The van der Waals surface area contributed by atoms with Gasteiger partial charge in [0.15, 0.2) is 0 Å². The van der Waals surface area contributed by atoms with Crippen LogP contribution in [0.1, 0.15) is 26.3 Å². The van der Waals surface area contributed by atoms with Gasteiger partial charge in [0.1, 0.15) is 0 Å². The van der Waals surface area contributed by atoms with Gasteiger partial charge in [-0.3, -0.25) is 9.59 Å². The predicted molar refractivity (Wildman–Crippen MR) is 92.8 cm³/mol. The van der Waals surface area contributed by atoms with Crippen molar-refractivity contribution in [2.75, 3.05) is 11.9 Å². The summed E-state index contributed by atoms with van der Waals surface area (Å²) < 4.78 is 43.0. The third-order valence-electron chi connectivity index (χ3n) is 3.88. The van der Waals surface area contributed by atoms with E-state index in [4.69, 9.17) is 22.1 Å². The number of rotatable bonds is 7. The van der Waals surface area contributed by atoms with Crippen molar-refractivity contribution in [3.8, 4) is 0 Å². The van der Waals surface area contributed by atoms with Gasteiger partial charge in [-0.1, -0.05) is 31.5 Å². The number of carbonyl (C=O) groups is 2. The molecule has 0 bridgehead atoms. The van der Waals surface area contributed by atoms with Gasteiger partial charge in [0.2, 0.25) is 5.91 Å². The van der Waals surface area contributed by atoms with Gasteiger partial charge < -0.3 is 15.8 Å². The fourth-order valence-electron chi connectivity index (χ4n) is 2.16. The molecule has 0 saturated carbocycles. The number of amides is 1. The van der Waals surface area contributed by atoms with E-state index in [0.717, 1.165) is 6.92 Å². The van der Waals surface area contributed by atoms with Crippen LogP contribution < -0.4 is 11.1 Å². The van der Waals surface area contributed by atoms with E-state index in [2.05, 4.69) is 5.32 Å². The minimum atomic E-state index is -4.59. The lowest BCUT2D eigenvalue weighted by molar-refractivity contribution is -0.176. The molecule has 146 valence electrons. The number of benzene rings is 1. The highest BCUT2D eigenvalue weighted by Gasteiger charge is 2.42. The molecule has 1 unspecified atom stereocenters. The highest BCUT2D eigenvalue weighted by Crippen LogP contribution is 2.29. The second kappa shape index (κ2) is 9.23. The normalized spacial score (nSPS) is 15.1. The number of nitrogens with one attached hydrogen (secondary N) is 1. The third-order valence-corrected chi connectivity index (χ3v) is 4.21. The number of ether oxygens (including phenoxy) is 1. The zero-order valence-corrected chi connectivity index (χ0v) is 15.4. The van der Waals surface area contributed by atoms with Gasteiger partial charge in [0.25, 0.3) is 0 Å². The molecule has 0 aliphatic carbocycles. The molecule has 1 rings (SSSR count). The summed E-state index contributed by atoms with van der Waals surface area (Å²) in [5.41, 5.74) is 6.20. The molecule has 1 aromatic rings. The summed E-state index contributed by atoms with van der Waals surface area (Å²) in [7, 11) is 0. The maximum atomic E-state index is 12.7. The van der Waals surface area contributed by atoms with Crippen LogP contribution in [0.4, 0.5) is 18.9 Å². The number of esters is 1. The van der Waals surface area contributed by atoms with Crippen LogP contribution in [0.2, 0.25) is 5.02 Å². The Hall–Kier alpha value is -1.80. The van der Waals surface area contributed by atoms with E-state index >= 15 is 0 Å². The molecule has 0 aliphatic heterocycles. The largest absolute Gasteiger partial charge is 0.466 e. The number of anilines is 1. The number of alkyl halides is 3. The predicted octanol–water partition coefficient (Wildman–Crippen LogP) is 3.55. The first-order valence-corrected chi connectivity index (χ1v) is 8.43. The number of nitrogens with two attached hydrogens (primary N) is 1. The van der Waals surface area contributed by atoms with Gasteiger partial charge in [0, 0.05) is 0 Å². The molecule has 0 aromatic heterocycles. The summed E-state index contributed by atoms with van der Waals surface area (Å²) in [6.07, 6.45) is -4.26. The molecule has 3 N–H and O–H groups in total. The number of hydrogen-bond donors (Lipinski definition) is 2. The molecule has 26 heavy (non-hydrogen) atoms. The van der Waals surface area contributed by atoms with Gasteiger partial charge in [-0.15, -0.1) is 0 Å². The maximum Gasteiger partial charge on any atom is 0.393 e. The first-order chi connectivity index (χ1) is 12.0. The second-order valence-electron chi connectivity index (χ2n) is 6.02. The summed E-state index contributed by atoms with van der Waals surface area (Å²) in [4.78, 5) is 23.7. The number of halogens is 4. The Labute approximate surface area is 155 Å². The second-order valence-corrected chi connectivity index (χ2v) is 6.42. The zero-order chi connectivity index (χ0) is 20.1. The van der Waals surface area contributed by atoms with E-state index in [1.165, 1.54) is 12.1 Å². The van der Waals surface area contributed by atoms with E-state index < -0.39 is 30.0 Å². The minimum Gasteiger partial charge on any atom is -0.466 e. The molecule has 0 fully saturated rings. The van der Waals surface area contributed by atoms with Crippen LogP contribution >= 0.6 is 11.6 Å². The van der Waals surface area contributed by atoms with E-state index in [-0.39, 0.29) is 23.3 Å². The molecule has 0 heterocycles. The lowest BCUT2D eigenvalue weighted by atomic mass is 10.00. The van der Waals surface area contributed by atoms with E-state index in [1.54, 1.807) is 19.9 Å². The number of hydrogen-bond acceptors (Lipinski definition) is 4. The van der Waals surface area contributed by atoms with E-state index in [9.17, 15) is 22.8 Å². The van der Waals surface area contributed by atoms with Crippen LogP contribution in [0.25, 0.3) is 0 Å². The molecule has 0 aliphatic rings. The van der Waals surface area contributed by atoms with E-state index in [1.807, 2.05) is 0 Å². The molecule has 1 amide bonds. The van der Waals surface area contributed by atoms with Crippen molar-refractivity contribution in [1.29, 1.82) is 0 Å². The van der Waals surface area contributed by atoms with Gasteiger partial charge in [-0.25, -0.2) is 0 Å². The average molecular weight is 395 g/mol. The fourth-order valence-corrected chi connectivity index (χ4v) is 2.33. The maximum absolute atomic E-state index is 12.7. The lowest BCUT2D eigenvalue weighted by Gasteiger charge is -2.22. The van der Waals surface area contributed by atoms with Crippen molar-refractivity contribution >= 4 is 29.2 Å². The van der Waals surface area contributed by atoms with Gasteiger partial charge in [-0.2, -0.15) is 13.2 Å². The molecule has 0 radical (unpaired) electrons. The van der Waals surface area contributed by atoms with Crippen LogP contribution in [-0.4, -0.2) is 30.7 Å². The van der Waals surface area contributed by atoms with Crippen molar-refractivity contribution < 1.29 is 27.5 Å². The smallest absolute Gasteiger partial charge is 0.393 e. The summed E-state index contributed by atoms with van der Waals surface area (Å²) >= 11 is 5.99. The monoisotopic (exact) mass is 394 g/mol.